The number of carbonyl (C=O) groups is 1. The Balaban J connectivity index is 0.784. The van der Waals surface area contributed by atoms with Gasteiger partial charge in [-0.3, -0.25) is 14.8 Å². The molecule has 13 nitrogen and oxygen atoms in total. The van der Waals surface area contributed by atoms with E-state index >= 15 is 4.79 Å². The minimum absolute atomic E-state index is 0.0246. The number of Topliss-reactive ketones (excluding diaryl/α,β-unsaturated/α-hetero) is 1. The quantitative estimate of drug-likeness (QED) is 0.229. The van der Waals surface area contributed by atoms with E-state index in [1.165, 1.54) is 5.57 Å². The van der Waals surface area contributed by atoms with Crippen molar-refractivity contribution in [2.45, 2.75) is 191 Å². The predicted octanol–water partition coefficient (Wildman–Crippen LogP) is 5.65. The van der Waals surface area contributed by atoms with E-state index in [2.05, 4.69) is 32.9 Å². The third kappa shape index (κ3) is 5.12. The number of rotatable bonds is 2. The topological polar surface area (TPSA) is 190 Å². The molecule has 68 heavy (non-hydrogen) atoms. The molecule has 4 aliphatic heterocycles. The van der Waals surface area contributed by atoms with Crippen LogP contribution in [0.3, 0.4) is 0 Å². The van der Waals surface area contributed by atoms with E-state index in [-0.39, 0.29) is 83.8 Å². The highest BCUT2D eigenvalue weighted by atomic mass is 16.7. The first-order chi connectivity index (χ1) is 32.0. The summed E-state index contributed by atoms with van der Waals surface area (Å²) in [6.45, 7) is 16.6. The number of aromatic nitrogens is 2. The van der Waals surface area contributed by atoms with Crippen molar-refractivity contribution < 1.29 is 54.0 Å². The lowest BCUT2D eigenvalue weighted by atomic mass is 9.44. The van der Waals surface area contributed by atoms with Gasteiger partial charge in [-0.2, -0.15) is 0 Å². The van der Waals surface area contributed by atoms with Crippen LogP contribution in [0.25, 0.3) is 0 Å². The van der Waals surface area contributed by atoms with Crippen molar-refractivity contribution in [3.63, 3.8) is 0 Å². The number of nitrogens with zero attached hydrogens (tertiary/aromatic N) is 2. The Morgan fingerprint density at radius 3 is 2.19 bits per heavy atom. The second-order valence-electron chi connectivity index (χ2n) is 26.3. The molecule has 0 bridgehead atoms. The Labute approximate surface area is 401 Å². The van der Waals surface area contributed by atoms with Gasteiger partial charge in [-0.05, 0) is 125 Å². The highest BCUT2D eigenvalue weighted by Crippen LogP contribution is 2.73. The van der Waals surface area contributed by atoms with Gasteiger partial charge >= 0.3 is 0 Å². The van der Waals surface area contributed by atoms with E-state index in [9.17, 15) is 25.5 Å². The molecule has 0 radical (unpaired) electrons. The molecule has 1 aromatic rings. The third-order valence-corrected chi connectivity index (χ3v) is 23.2. The number of aliphatic hydroxyl groups excluding tert-OH is 4. The van der Waals surface area contributed by atoms with Gasteiger partial charge in [0, 0.05) is 49.0 Å². The average molecular weight is 941 g/mol. The first-order valence-electron chi connectivity index (χ1n) is 26.5. The summed E-state index contributed by atoms with van der Waals surface area (Å²) in [5.74, 6) is -1.85. The summed E-state index contributed by atoms with van der Waals surface area (Å²) in [7, 11) is 1.82. The Morgan fingerprint density at radius 1 is 0.794 bits per heavy atom. The van der Waals surface area contributed by atoms with Gasteiger partial charge in [0.25, 0.3) is 0 Å². The lowest BCUT2D eigenvalue weighted by Gasteiger charge is -2.62. The lowest BCUT2D eigenvalue weighted by Crippen LogP contribution is -2.65. The van der Waals surface area contributed by atoms with Crippen LogP contribution in [0.15, 0.2) is 23.3 Å². The fourth-order valence-corrected chi connectivity index (χ4v) is 19.7. The molecular weight excluding hydrogens is 865 g/mol. The number of allylic oxidation sites excluding steroid dienone is 1. The zero-order valence-corrected chi connectivity index (χ0v) is 41.7. The van der Waals surface area contributed by atoms with E-state index in [4.69, 9.17) is 33.7 Å². The van der Waals surface area contributed by atoms with Crippen LogP contribution < -0.4 is 0 Å². The molecule has 0 unspecified atom stereocenters. The Bertz CT molecular complexity index is 2440. The highest BCUT2D eigenvalue weighted by Gasteiger charge is 2.79. The van der Waals surface area contributed by atoms with Crippen molar-refractivity contribution in [3.05, 3.63) is 46.1 Å². The summed E-state index contributed by atoms with van der Waals surface area (Å²) in [5.41, 5.74) is 1.26. The molecule has 22 atom stereocenters. The number of fused-ring (bicyclic) bond motifs is 13. The smallest absolute Gasteiger partial charge is 0.201 e. The molecule has 13 rings (SSSR count). The maximum Gasteiger partial charge on any atom is 0.201 e. The van der Waals surface area contributed by atoms with Crippen LogP contribution in [0.5, 0.6) is 0 Å². The molecule has 5 N–H and O–H groups in total. The lowest BCUT2D eigenvalue weighted by molar-refractivity contribution is -0.336. The number of hydrogen-bond acceptors (Lipinski definition) is 13. The molecule has 12 aliphatic rings. The van der Waals surface area contributed by atoms with Crippen molar-refractivity contribution >= 4 is 5.78 Å². The van der Waals surface area contributed by atoms with Gasteiger partial charge in [0.1, 0.15) is 35.8 Å². The van der Waals surface area contributed by atoms with Crippen LogP contribution in [0.2, 0.25) is 0 Å². The highest BCUT2D eigenvalue weighted by molar-refractivity contribution is 5.91. The second kappa shape index (κ2) is 13.9. The Kier molecular flexibility index (Phi) is 9.34. The molecular formula is C55H76N2O11. The van der Waals surface area contributed by atoms with Gasteiger partial charge in [0.05, 0.1) is 58.7 Å². The van der Waals surface area contributed by atoms with Crippen LogP contribution in [-0.2, 0) is 47.7 Å². The maximum atomic E-state index is 15.1. The maximum absolute atomic E-state index is 15.1. The first-order valence-corrected chi connectivity index (χ1v) is 26.5. The fraction of sp³-hybridized carbons (Fsp3) is 0.836. The molecule has 0 aromatic carbocycles. The molecule has 0 amide bonds. The predicted molar refractivity (Wildman–Crippen MR) is 246 cm³/mol. The molecule has 1 aromatic heterocycles. The van der Waals surface area contributed by atoms with Gasteiger partial charge in [-0.15, -0.1) is 0 Å². The summed E-state index contributed by atoms with van der Waals surface area (Å²) in [5, 5.41) is 58.4. The van der Waals surface area contributed by atoms with Gasteiger partial charge in [0.15, 0.2) is 5.79 Å². The standard InChI is InChI=1S/C55H76N2O11/c1-26-32-14-15-33-30-13-11-29-17-38-45(46(64-9)50(29,7)35(30)19-41(60)52(32,33)25-65-54(26)42(61)22-47(3,4)67-54)57-37-16-28-10-12-31-34(49(28,6)21-39(37)56-38)18-40(59)51(8)36(31)20-44-53(51,63)27(2)55(66-44)43(62)23-48(5,24-58)68-55/h15,20,26-32,34-35,40,42-44,46,58-59,61-63H,10-14,16-19,21-25H2,1-9H3/t26-,27-,28-,29-,30-,31+,32+,34-,35-,40+,42+,43+,44-,46-,48-,49-,50-,51+,52+,53+,54+,55-/m0/s1. The number of methoxy groups -OCH3 is 1. The number of ketones is 1. The Morgan fingerprint density at radius 2 is 1.50 bits per heavy atom. The summed E-state index contributed by atoms with van der Waals surface area (Å²) in [6.07, 6.45) is 9.58. The summed E-state index contributed by atoms with van der Waals surface area (Å²) in [4.78, 5) is 26.3. The molecule has 8 aliphatic carbocycles. The van der Waals surface area contributed by atoms with Crippen molar-refractivity contribution in [2.24, 2.45) is 74.9 Å². The van der Waals surface area contributed by atoms with Crippen molar-refractivity contribution in [1.82, 2.24) is 9.97 Å². The molecule has 13 heteroatoms. The molecule has 8 fully saturated rings. The normalized spacial score (nSPS) is 56.6. The van der Waals surface area contributed by atoms with Crippen molar-refractivity contribution in [3.8, 4) is 0 Å². The molecule has 5 heterocycles. The summed E-state index contributed by atoms with van der Waals surface area (Å²) in [6, 6.07) is 0. The van der Waals surface area contributed by atoms with Gasteiger partial charge in [-0.1, -0.05) is 57.9 Å². The zero-order chi connectivity index (χ0) is 47.9. The SMILES string of the molecule is CO[C@H]1c2nc3c(nc2C[C@@H]2CC[C@H]4C5=CC[C@@H]6[C@H](C)[C@@]7(OC[C@]56C(=O)C[C@@H]4[C@]21C)OC(C)(C)C[C@H]7O)C[C@@]1(C)[C@@H](CC[C@H]2C4=C[C@@H]5O[C@]6(O[C@](C)(CO)C[C@H]6O)[C@@H](C)[C@]5(O)[C@@]4(C)[C@H](O)C[C@@H]21)C3. The number of hydrogen-bond donors (Lipinski definition) is 5. The fourth-order valence-electron chi connectivity index (χ4n) is 19.7. The monoisotopic (exact) mass is 941 g/mol. The van der Waals surface area contributed by atoms with E-state index in [0.29, 0.717) is 25.2 Å². The van der Waals surface area contributed by atoms with E-state index in [1.54, 1.807) is 6.92 Å². The van der Waals surface area contributed by atoms with E-state index in [1.807, 2.05) is 34.8 Å². The molecule has 4 saturated carbocycles. The summed E-state index contributed by atoms with van der Waals surface area (Å²) >= 11 is 0. The zero-order valence-electron chi connectivity index (χ0n) is 41.7. The van der Waals surface area contributed by atoms with E-state index in [0.717, 1.165) is 79.7 Å². The van der Waals surface area contributed by atoms with Gasteiger partial charge in [0.2, 0.25) is 5.79 Å². The number of carbonyl (C=O) groups excluding carboxylic acids is 1. The van der Waals surface area contributed by atoms with Crippen LogP contribution in [0.1, 0.15) is 142 Å². The summed E-state index contributed by atoms with van der Waals surface area (Å²) < 4.78 is 33.0. The molecule has 4 saturated heterocycles. The largest absolute Gasteiger partial charge is 0.393 e. The third-order valence-electron chi connectivity index (χ3n) is 23.2. The Hall–Kier alpha value is -2.17. The van der Waals surface area contributed by atoms with Gasteiger partial charge in [-0.25, -0.2) is 0 Å². The van der Waals surface area contributed by atoms with Crippen LogP contribution in [-0.4, -0.2) is 114 Å². The molecule has 3 spiro atoms. The van der Waals surface area contributed by atoms with E-state index < -0.39 is 69.5 Å². The minimum atomic E-state index is -1.51. The van der Waals surface area contributed by atoms with Crippen LogP contribution in [0.4, 0.5) is 0 Å². The molecule has 372 valence electrons. The number of aliphatic hydroxyl groups is 5. The second-order valence-corrected chi connectivity index (χ2v) is 26.3. The first kappa shape index (κ1) is 45.7. The average Bonchev–Trinajstić information content (AvgIpc) is 4.01. The van der Waals surface area contributed by atoms with Crippen LogP contribution >= 0.6 is 0 Å². The van der Waals surface area contributed by atoms with Crippen molar-refractivity contribution in [2.75, 3.05) is 20.3 Å². The van der Waals surface area contributed by atoms with Crippen LogP contribution in [0, 0.1) is 74.9 Å². The number of ether oxygens (including phenoxy) is 5. The minimum Gasteiger partial charge on any atom is -0.393 e. The van der Waals surface area contributed by atoms with Gasteiger partial charge < -0.3 is 49.2 Å². The van der Waals surface area contributed by atoms with Crippen molar-refractivity contribution in [1.29, 1.82) is 0 Å².